The topological polar surface area (TPSA) is 29.1 Å². The van der Waals surface area contributed by atoms with E-state index in [4.69, 9.17) is 0 Å². The zero-order valence-electron chi connectivity index (χ0n) is 13.4. The van der Waals surface area contributed by atoms with Crippen LogP contribution >= 0.6 is 9.24 Å². The standard InChI is InChI=1S/C11H23NO.C2H6.CH5P/c1-7-10(3,4)8-11(5,6)12-9(2)13;2*1-2/h7-8H2,1-6H3,(H,12,13);1-2H3;2H2,1H3. The summed E-state index contributed by atoms with van der Waals surface area (Å²) in [6.07, 6.45) is 2.14. The van der Waals surface area contributed by atoms with Crippen LogP contribution < -0.4 is 5.32 Å². The molecule has 0 bridgehead atoms. The van der Waals surface area contributed by atoms with E-state index < -0.39 is 0 Å². The smallest absolute Gasteiger partial charge is 0.217 e. The Morgan fingerprint density at radius 2 is 1.47 bits per heavy atom. The molecule has 1 atom stereocenters. The zero-order chi connectivity index (χ0) is 14.7. The summed E-state index contributed by atoms with van der Waals surface area (Å²) in [6.45, 7) is 18.3. The molecule has 0 rings (SSSR count). The average Bonchev–Trinajstić information content (AvgIpc) is 2.20. The number of amides is 1. The molecule has 0 fully saturated rings. The summed E-state index contributed by atoms with van der Waals surface area (Å²) in [5, 5.41) is 2.97. The van der Waals surface area contributed by atoms with Crippen molar-refractivity contribution < 1.29 is 4.79 Å². The minimum absolute atomic E-state index is 0.0527. The predicted octanol–water partition coefficient (Wildman–Crippen LogP) is 4.24. The maximum atomic E-state index is 10.9. The van der Waals surface area contributed by atoms with Gasteiger partial charge in [0.2, 0.25) is 5.91 Å². The van der Waals surface area contributed by atoms with Crippen molar-refractivity contribution in [3.8, 4) is 0 Å². The second kappa shape index (κ2) is 11.0. The third kappa shape index (κ3) is 15.9. The lowest BCUT2D eigenvalue weighted by molar-refractivity contribution is -0.120. The Hall–Kier alpha value is -0.100. The van der Waals surface area contributed by atoms with E-state index in [1.54, 1.807) is 6.92 Å². The van der Waals surface area contributed by atoms with Crippen LogP contribution in [0.1, 0.15) is 68.2 Å². The first kappa shape index (κ1) is 22.1. The highest BCUT2D eigenvalue weighted by Crippen LogP contribution is 2.30. The molecular weight excluding hydrogens is 229 g/mol. The minimum atomic E-state index is -0.0919. The number of rotatable bonds is 4. The van der Waals surface area contributed by atoms with Crippen LogP contribution in [0.4, 0.5) is 0 Å². The van der Waals surface area contributed by atoms with Crippen LogP contribution in [-0.4, -0.2) is 18.1 Å². The monoisotopic (exact) mass is 263 g/mol. The maximum Gasteiger partial charge on any atom is 0.217 e. The Morgan fingerprint density at radius 1 is 1.12 bits per heavy atom. The molecule has 0 aromatic heterocycles. The molecule has 1 amide bonds. The second-order valence-corrected chi connectivity index (χ2v) is 5.26. The Balaban J connectivity index is -0.000000439. The number of hydrogen-bond acceptors (Lipinski definition) is 1. The third-order valence-corrected chi connectivity index (χ3v) is 2.39. The summed E-state index contributed by atoms with van der Waals surface area (Å²) in [6, 6.07) is 0. The highest BCUT2D eigenvalue weighted by molar-refractivity contribution is 7.15. The van der Waals surface area contributed by atoms with E-state index in [2.05, 4.69) is 49.2 Å². The fourth-order valence-corrected chi connectivity index (χ4v) is 1.84. The third-order valence-electron chi connectivity index (χ3n) is 2.39. The molecular formula is C14H34NOP. The second-order valence-electron chi connectivity index (χ2n) is 5.26. The van der Waals surface area contributed by atoms with Gasteiger partial charge in [0, 0.05) is 12.5 Å². The summed E-state index contributed by atoms with van der Waals surface area (Å²) >= 11 is 0. The largest absolute Gasteiger partial charge is 0.351 e. The van der Waals surface area contributed by atoms with Gasteiger partial charge in [-0.2, -0.15) is 0 Å². The van der Waals surface area contributed by atoms with Crippen LogP contribution in [0.5, 0.6) is 0 Å². The molecule has 0 saturated heterocycles. The van der Waals surface area contributed by atoms with Crippen LogP contribution in [-0.2, 0) is 4.79 Å². The number of carbonyl (C=O) groups is 1. The van der Waals surface area contributed by atoms with Gasteiger partial charge in [-0.25, -0.2) is 0 Å². The molecule has 1 unspecified atom stereocenters. The molecule has 0 aliphatic carbocycles. The normalized spacial score (nSPS) is 10.5. The Labute approximate surface area is 112 Å². The van der Waals surface area contributed by atoms with Gasteiger partial charge in [-0.3, -0.25) is 4.79 Å². The van der Waals surface area contributed by atoms with E-state index in [0.717, 1.165) is 12.8 Å². The van der Waals surface area contributed by atoms with Gasteiger partial charge in [0.15, 0.2) is 0 Å². The van der Waals surface area contributed by atoms with E-state index in [-0.39, 0.29) is 11.4 Å². The lowest BCUT2D eigenvalue weighted by atomic mass is 9.78. The molecule has 2 nitrogen and oxygen atoms in total. The Bertz CT molecular complexity index is 189. The lowest BCUT2D eigenvalue weighted by Crippen LogP contribution is -2.45. The summed E-state index contributed by atoms with van der Waals surface area (Å²) in [4.78, 5) is 10.9. The number of hydrogen-bond donors (Lipinski definition) is 1. The number of carbonyl (C=O) groups excluding carboxylic acids is 1. The van der Waals surface area contributed by atoms with Crippen molar-refractivity contribution >= 4 is 15.1 Å². The molecule has 0 saturated carbocycles. The zero-order valence-corrected chi connectivity index (χ0v) is 14.6. The highest BCUT2D eigenvalue weighted by Gasteiger charge is 2.27. The van der Waals surface area contributed by atoms with Crippen molar-refractivity contribution in [3.63, 3.8) is 0 Å². The Morgan fingerprint density at radius 3 is 1.71 bits per heavy atom. The average molecular weight is 263 g/mol. The molecule has 0 aliphatic heterocycles. The molecule has 0 spiro atoms. The van der Waals surface area contributed by atoms with Crippen LogP contribution in [0.3, 0.4) is 0 Å². The fourth-order valence-electron chi connectivity index (χ4n) is 1.84. The predicted molar refractivity (Wildman–Crippen MR) is 83.6 cm³/mol. The summed E-state index contributed by atoms with van der Waals surface area (Å²) < 4.78 is 0. The highest BCUT2D eigenvalue weighted by atomic mass is 31.0. The van der Waals surface area contributed by atoms with Crippen LogP contribution in [0.2, 0.25) is 0 Å². The molecule has 0 aromatic rings. The summed E-state index contributed by atoms with van der Waals surface area (Å²) in [5.74, 6) is 0.0527. The summed E-state index contributed by atoms with van der Waals surface area (Å²) in [7, 11) is 2.42. The van der Waals surface area contributed by atoms with Gasteiger partial charge in [0.25, 0.3) is 0 Å². The van der Waals surface area contributed by atoms with E-state index in [1.807, 2.05) is 20.5 Å². The molecule has 0 radical (unpaired) electrons. The molecule has 106 valence electrons. The van der Waals surface area contributed by atoms with Crippen molar-refractivity contribution in [2.75, 3.05) is 6.66 Å². The van der Waals surface area contributed by atoms with E-state index in [0.29, 0.717) is 5.41 Å². The molecule has 0 heterocycles. The van der Waals surface area contributed by atoms with Gasteiger partial charge >= 0.3 is 0 Å². The first-order valence-electron chi connectivity index (χ1n) is 6.55. The Kier molecular flexibility index (Phi) is 14.3. The maximum absolute atomic E-state index is 10.9. The molecule has 17 heavy (non-hydrogen) atoms. The first-order valence-corrected chi connectivity index (χ1v) is 7.70. The van der Waals surface area contributed by atoms with Gasteiger partial charge in [-0.05, 0) is 25.7 Å². The molecule has 1 N–H and O–H groups in total. The van der Waals surface area contributed by atoms with Crippen molar-refractivity contribution in [3.05, 3.63) is 0 Å². The van der Waals surface area contributed by atoms with Gasteiger partial charge in [-0.1, -0.05) is 47.7 Å². The van der Waals surface area contributed by atoms with Crippen molar-refractivity contribution in [2.24, 2.45) is 5.41 Å². The van der Waals surface area contributed by atoms with E-state index >= 15 is 0 Å². The van der Waals surface area contributed by atoms with Gasteiger partial charge in [0.1, 0.15) is 0 Å². The van der Waals surface area contributed by atoms with Crippen molar-refractivity contribution in [2.45, 2.75) is 73.8 Å². The number of nitrogens with one attached hydrogen (secondary N) is 1. The van der Waals surface area contributed by atoms with E-state index in [1.165, 1.54) is 0 Å². The molecule has 0 aromatic carbocycles. The van der Waals surface area contributed by atoms with Gasteiger partial charge < -0.3 is 5.32 Å². The first-order chi connectivity index (χ1) is 7.68. The van der Waals surface area contributed by atoms with Crippen molar-refractivity contribution in [1.82, 2.24) is 5.32 Å². The quantitative estimate of drug-likeness (QED) is 0.755. The molecule has 3 heteroatoms. The van der Waals surface area contributed by atoms with Crippen LogP contribution in [0, 0.1) is 5.41 Å². The van der Waals surface area contributed by atoms with Crippen LogP contribution in [0.15, 0.2) is 0 Å². The summed E-state index contributed by atoms with van der Waals surface area (Å²) in [5.41, 5.74) is 0.206. The van der Waals surface area contributed by atoms with Crippen molar-refractivity contribution in [1.29, 1.82) is 0 Å². The molecule has 0 aliphatic rings. The minimum Gasteiger partial charge on any atom is -0.351 e. The van der Waals surface area contributed by atoms with Crippen LogP contribution in [0.25, 0.3) is 0 Å². The van der Waals surface area contributed by atoms with E-state index in [9.17, 15) is 4.79 Å². The SMILES string of the molecule is CC.CCC(C)(C)CC(C)(C)NC(C)=O.CP. The fraction of sp³-hybridized carbons (Fsp3) is 0.929. The van der Waals surface area contributed by atoms with Gasteiger partial charge in [-0.15, -0.1) is 9.24 Å². The van der Waals surface area contributed by atoms with Gasteiger partial charge in [0.05, 0.1) is 0 Å². The lowest BCUT2D eigenvalue weighted by Gasteiger charge is -2.34.